The minimum atomic E-state index is 0.534. The van der Waals surface area contributed by atoms with Gasteiger partial charge in [0.2, 0.25) is 5.69 Å². The van der Waals surface area contributed by atoms with Gasteiger partial charge in [-0.15, -0.1) is 0 Å². The molecule has 0 saturated carbocycles. The van der Waals surface area contributed by atoms with Gasteiger partial charge in [-0.3, -0.25) is 0 Å². The molecule has 0 bridgehead atoms. The predicted molar refractivity (Wildman–Crippen MR) is 45.1 cm³/mol. The standard InChI is InChI=1S/C10H12N/c1-8-4-3-5-10-7-6-9(2)11(8)10/h3-7,9H,1-2H3/q+1. The van der Waals surface area contributed by atoms with Crippen LogP contribution in [0.5, 0.6) is 0 Å². The van der Waals surface area contributed by atoms with E-state index in [2.05, 4.69) is 48.8 Å². The first-order valence-electron chi connectivity index (χ1n) is 3.98. The first kappa shape index (κ1) is 6.59. The Balaban J connectivity index is 2.65. The van der Waals surface area contributed by atoms with Gasteiger partial charge >= 0.3 is 0 Å². The number of rotatable bonds is 0. The van der Waals surface area contributed by atoms with Crippen LogP contribution < -0.4 is 4.57 Å². The summed E-state index contributed by atoms with van der Waals surface area (Å²) in [4.78, 5) is 0. The molecule has 1 heteroatoms. The number of hydrogen-bond donors (Lipinski definition) is 0. The van der Waals surface area contributed by atoms with Crippen molar-refractivity contribution in [3.05, 3.63) is 35.7 Å². The smallest absolute Gasteiger partial charge is 0.190 e. The maximum Gasteiger partial charge on any atom is 0.205 e. The van der Waals surface area contributed by atoms with Crippen LogP contribution in [0.1, 0.15) is 24.4 Å². The van der Waals surface area contributed by atoms with Crippen molar-refractivity contribution in [2.75, 3.05) is 0 Å². The molecule has 0 saturated heterocycles. The Kier molecular flexibility index (Phi) is 1.31. The van der Waals surface area contributed by atoms with Gasteiger partial charge in [0.1, 0.15) is 0 Å². The molecule has 0 radical (unpaired) electrons. The molecule has 11 heavy (non-hydrogen) atoms. The molecule has 0 N–H and O–H groups in total. The first-order valence-corrected chi connectivity index (χ1v) is 3.98. The van der Waals surface area contributed by atoms with Gasteiger partial charge in [-0.05, 0) is 12.1 Å². The maximum absolute atomic E-state index is 2.33. The molecule has 1 aromatic rings. The third kappa shape index (κ3) is 0.881. The normalized spacial score (nSPS) is 20.4. The van der Waals surface area contributed by atoms with Gasteiger partial charge < -0.3 is 0 Å². The molecule has 0 amide bonds. The largest absolute Gasteiger partial charge is 0.205 e. The summed E-state index contributed by atoms with van der Waals surface area (Å²) in [6.45, 7) is 4.35. The topological polar surface area (TPSA) is 3.88 Å². The van der Waals surface area contributed by atoms with Crippen LogP contribution in [0.2, 0.25) is 0 Å². The van der Waals surface area contributed by atoms with Gasteiger partial charge in [0.05, 0.1) is 0 Å². The molecule has 0 spiro atoms. The highest BCUT2D eigenvalue weighted by Gasteiger charge is 2.21. The minimum Gasteiger partial charge on any atom is -0.190 e. The quantitative estimate of drug-likeness (QED) is 0.492. The van der Waals surface area contributed by atoms with E-state index in [0.717, 1.165) is 0 Å². The van der Waals surface area contributed by atoms with E-state index in [1.165, 1.54) is 11.4 Å². The van der Waals surface area contributed by atoms with E-state index < -0.39 is 0 Å². The van der Waals surface area contributed by atoms with E-state index in [0.29, 0.717) is 6.04 Å². The third-order valence-electron chi connectivity index (χ3n) is 2.22. The van der Waals surface area contributed by atoms with Crippen molar-refractivity contribution in [1.29, 1.82) is 0 Å². The van der Waals surface area contributed by atoms with Crippen LogP contribution >= 0.6 is 0 Å². The lowest BCUT2D eigenvalue weighted by Gasteiger charge is -2.01. The van der Waals surface area contributed by atoms with Crippen LogP contribution in [-0.4, -0.2) is 0 Å². The Morgan fingerprint density at radius 1 is 1.36 bits per heavy atom. The van der Waals surface area contributed by atoms with Gasteiger partial charge in [0.25, 0.3) is 0 Å². The summed E-state index contributed by atoms with van der Waals surface area (Å²) in [5.74, 6) is 0. The molecule has 1 aliphatic rings. The molecule has 0 aromatic carbocycles. The van der Waals surface area contributed by atoms with Crippen molar-refractivity contribution >= 4 is 6.08 Å². The van der Waals surface area contributed by atoms with Crippen molar-refractivity contribution in [2.24, 2.45) is 0 Å². The van der Waals surface area contributed by atoms with E-state index >= 15 is 0 Å². The molecular formula is C10H12N+. The lowest BCUT2D eigenvalue weighted by Crippen LogP contribution is -2.39. The fraction of sp³-hybridized carbons (Fsp3) is 0.300. The van der Waals surface area contributed by atoms with E-state index in [4.69, 9.17) is 0 Å². The second-order valence-corrected chi connectivity index (χ2v) is 3.06. The van der Waals surface area contributed by atoms with Gasteiger partial charge in [0.15, 0.2) is 11.7 Å². The zero-order valence-corrected chi connectivity index (χ0v) is 6.91. The molecule has 2 rings (SSSR count). The summed E-state index contributed by atoms with van der Waals surface area (Å²) in [6, 6.07) is 6.93. The monoisotopic (exact) mass is 146 g/mol. The maximum atomic E-state index is 2.33. The first-order chi connectivity index (χ1) is 5.29. The molecular weight excluding hydrogens is 134 g/mol. The van der Waals surface area contributed by atoms with Crippen LogP contribution in [0.4, 0.5) is 0 Å². The van der Waals surface area contributed by atoms with Crippen molar-refractivity contribution in [3.63, 3.8) is 0 Å². The fourth-order valence-electron chi connectivity index (χ4n) is 1.67. The highest BCUT2D eigenvalue weighted by Crippen LogP contribution is 2.12. The van der Waals surface area contributed by atoms with Gasteiger partial charge in [-0.2, -0.15) is 4.57 Å². The number of aromatic nitrogens is 1. The highest BCUT2D eigenvalue weighted by molar-refractivity contribution is 5.44. The molecule has 1 nitrogen and oxygen atoms in total. The van der Waals surface area contributed by atoms with Crippen molar-refractivity contribution in [3.8, 4) is 0 Å². The molecule has 2 heterocycles. The van der Waals surface area contributed by atoms with Crippen molar-refractivity contribution in [2.45, 2.75) is 19.9 Å². The molecule has 1 aromatic heterocycles. The molecule has 0 fully saturated rings. The van der Waals surface area contributed by atoms with E-state index in [-0.39, 0.29) is 0 Å². The summed E-state index contributed by atoms with van der Waals surface area (Å²) in [5, 5.41) is 0. The summed E-state index contributed by atoms with van der Waals surface area (Å²) in [7, 11) is 0. The molecule has 1 atom stereocenters. The zero-order valence-electron chi connectivity index (χ0n) is 6.91. The molecule has 56 valence electrons. The lowest BCUT2D eigenvalue weighted by atomic mass is 10.3. The number of fused-ring (bicyclic) bond motifs is 1. The van der Waals surface area contributed by atoms with Crippen molar-refractivity contribution < 1.29 is 4.57 Å². The van der Waals surface area contributed by atoms with E-state index in [1.807, 2.05) is 0 Å². The summed E-state index contributed by atoms with van der Waals surface area (Å²) in [6.07, 6.45) is 4.40. The van der Waals surface area contributed by atoms with E-state index in [9.17, 15) is 0 Å². The highest BCUT2D eigenvalue weighted by atomic mass is 15.0. The summed E-state index contributed by atoms with van der Waals surface area (Å²) in [5.41, 5.74) is 2.65. The van der Waals surface area contributed by atoms with Crippen LogP contribution in [-0.2, 0) is 0 Å². The second-order valence-electron chi connectivity index (χ2n) is 3.06. The molecule has 0 aliphatic carbocycles. The fourth-order valence-corrected chi connectivity index (χ4v) is 1.67. The van der Waals surface area contributed by atoms with Crippen molar-refractivity contribution in [1.82, 2.24) is 0 Å². The van der Waals surface area contributed by atoms with Gasteiger partial charge in [-0.25, -0.2) is 0 Å². The zero-order chi connectivity index (χ0) is 7.84. The minimum absolute atomic E-state index is 0.534. The Labute approximate surface area is 67.0 Å². The lowest BCUT2D eigenvalue weighted by molar-refractivity contribution is -0.711. The SMILES string of the molecule is Cc1cccc2[n+]1C(C)C=C2. The number of aryl methyl sites for hydroxylation is 1. The number of nitrogens with zero attached hydrogens (tertiary/aromatic N) is 1. The summed E-state index contributed by atoms with van der Waals surface area (Å²) >= 11 is 0. The third-order valence-corrected chi connectivity index (χ3v) is 2.22. The Morgan fingerprint density at radius 3 is 2.91 bits per heavy atom. The predicted octanol–water partition coefficient (Wildman–Crippen LogP) is 1.87. The van der Waals surface area contributed by atoms with Gasteiger partial charge in [0, 0.05) is 32.1 Å². The average Bonchev–Trinajstić information content (AvgIpc) is 2.34. The second kappa shape index (κ2) is 2.19. The number of allylic oxidation sites excluding steroid dienone is 1. The van der Waals surface area contributed by atoms with Crippen LogP contribution in [0, 0.1) is 6.92 Å². The summed E-state index contributed by atoms with van der Waals surface area (Å²) < 4.78 is 2.33. The average molecular weight is 146 g/mol. The Hall–Kier alpha value is -1.11. The van der Waals surface area contributed by atoms with Crippen LogP contribution in [0.25, 0.3) is 6.08 Å². The number of pyridine rings is 1. The Morgan fingerprint density at radius 2 is 2.18 bits per heavy atom. The van der Waals surface area contributed by atoms with Gasteiger partial charge in [-0.1, -0.05) is 0 Å². The molecule has 1 aliphatic heterocycles. The molecule has 1 unspecified atom stereocenters. The Bertz CT molecular complexity index is 313. The number of hydrogen-bond acceptors (Lipinski definition) is 0. The van der Waals surface area contributed by atoms with Crippen LogP contribution in [0.3, 0.4) is 0 Å². The van der Waals surface area contributed by atoms with Crippen LogP contribution in [0.15, 0.2) is 24.3 Å². The van der Waals surface area contributed by atoms with E-state index in [1.54, 1.807) is 0 Å².